The fourth-order valence-electron chi connectivity index (χ4n) is 1.47. The number of carbonyl (C=O) groups excluding carboxylic acids is 1. The van der Waals surface area contributed by atoms with E-state index in [1.54, 1.807) is 6.92 Å². The second-order valence-corrected chi connectivity index (χ2v) is 3.80. The van der Waals surface area contributed by atoms with Crippen LogP contribution < -0.4 is 10.9 Å². The van der Waals surface area contributed by atoms with Gasteiger partial charge in [-0.2, -0.15) is 0 Å². The molecule has 0 radical (unpaired) electrons. The van der Waals surface area contributed by atoms with Crippen molar-refractivity contribution in [2.24, 2.45) is 0 Å². The van der Waals surface area contributed by atoms with E-state index in [9.17, 15) is 18.4 Å². The van der Waals surface area contributed by atoms with Crippen LogP contribution in [0.1, 0.15) is 16.2 Å². The number of carbonyl (C=O) groups is 1. The maximum Gasteiger partial charge on any atom is 0.256 e. The van der Waals surface area contributed by atoms with E-state index in [4.69, 9.17) is 0 Å². The number of nitrogens with one attached hydrogen (secondary N) is 2. The normalized spacial score (nSPS) is 10.3. The maximum atomic E-state index is 13.0. The maximum absolute atomic E-state index is 13.0. The van der Waals surface area contributed by atoms with Gasteiger partial charge in [-0.05, 0) is 25.1 Å². The highest BCUT2D eigenvalue weighted by atomic mass is 19.2. The molecule has 1 aromatic carbocycles. The highest BCUT2D eigenvalue weighted by Gasteiger charge is 2.11. The van der Waals surface area contributed by atoms with E-state index in [-0.39, 0.29) is 11.4 Å². The number of benzene rings is 1. The number of nitrogens with zero attached hydrogens (tertiary/aromatic N) is 1. The zero-order chi connectivity index (χ0) is 14.0. The molecular weight excluding hydrogens is 256 g/mol. The van der Waals surface area contributed by atoms with Crippen molar-refractivity contribution < 1.29 is 13.6 Å². The fraction of sp³-hybridized carbons (Fsp3) is 0.0833. The first-order valence-electron chi connectivity index (χ1n) is 5.30. The average molecular weight is 265 g/mol. The van der Waals surface area contributed by atoms with Gasteiger partial charge in [-0.1, -0.05) is 0 Å². The highest BCUT2D eigenvalue weighted by Crippen LogP contribution is 2.10. The van der Waals surface area contributed by atoms with Gasteiger partial charge in [-0.15, -0.1) is 0 Å². The zero-order valence-corrected chi connectivity index (χ0v) is 9.83. The second-order valence-electron chi connectivity index (χ2n) is 3.80. The van der Waals surface area contributed by atoms with Crippen molar-refractivity contribution in [2.75, 3.05) is 5.32 Å². The molecule has 19 heavy (non-hydrogen) atoms. The van der Waals surface area contributed by atoms with E-state index in [0.717, 1.165) is 24.3 Å². The van der Waals surface area contributed by atoms with Crippen LogP contribution in [-0.4, -0.2) is 15.9 Å². The lowest BCUT2D eigenvalue weighted by Gasteiger charge is -2.05. The van der Waals surface area contributed by atoms with Crippen molar-refractivity contribution in [1.29, 1.82) is 0 Å². The predicted octanol–water partition coefficient (Wildman–Crippen LogP) is 1.61. The molecule has 5 nitrogen and oxygen atoms in total. The van der Waals surface area contributed by atoms with Crippen molar-refractivity contribution in [3.05, 3.63) is 57.6 Å². The largest absolute Gasteiger partial charge is 0.311 e. The fourth-order valence-corrected chi connectivity index (χ4v) is 1.47. The van der Waals surface area contributed by atoms with E-state index >= 15 is 0 Å². The van der Waals surface area contributed by atoms with Gasteiger partial charge in [0.1, 0.15) is 11.6 Å². The van der Waals surface area contributed by atoms with E-state index < -0.39 is 23.1 Å². The molecule has 0 fully saturated rings. The van der Waals surface area contributed by atoms with Crippen molar-refractivity contribution in [2.45, 2.75) is 6.92 Å². The van der Waals surface area contributed by atoms with Gasteiger partial charge in [-0.25, -0.2) is 13.8 Å². The van der Waals surface area contributed by atoms with Crippen molar-refractivity contribution in [3.8, 4) is 0 Å². The summed E-state index contributed by atoms with van der Waals surface area (Å²) in [5, 5.41) is 2.33. The van der Waals surface area contributed by atoms with Crippen LogP contribution in [0.3, 0.4) is 0 Å². The third-order valence-electron chi connectivity index (χ3n) is 2.28. The Balaban J connectivity index is 2.25. The number of hydrogen-bond acceptors (Lipinski definition) is 3. The minimum absolute atomic E-state index is 0.0379. The summed E-state index contributed by atoms with van der Waals surface area (Å²) in [5.41, 5.74) is -0.494. The first-order chi connectivity index (χ1) is 8.95. The number of amides is 1. The second kappa shape index (κ2) is 4.97. The molecule has 2 N–H and O–H groups in total. The Kier molecular flexibility index (Phi) is 3.37. The first-order valence-corrected chi connectivity index (χ1v) is 5.30. The minimum Gasteiger partial charge on any atom is -0.311 e. The van der Waals surface area contributed by atoms with E-state index in [2.05, 4.69) is 15.3 Å². The molecular formula is C12H9F2N3O2. The zero-order valence-electron chi connectivity index (χ0n) is 9.83. The first kappa shape index (κ1) is 12.9. The van der Waals surface area contributed by atoms with Gasteiger partial charge in [0.15, 0.2) is 11.6 Å². The van der Waals surface area contributed by atoms with Crippen molar-refractivity contribution in [1.82, 2.24) is 9.97 Å². The van der Waals surface area contributed by atoms with Gasteiger partial charge in [0.05, 0.1) is 0 Å². The summed E-state index contributed by atoms with van der Waals surface area (Å²) < 4.78 is 25.7. The van der Waals surface area contributed by atoms with Crippen LogP contribution in [0.4, 0.5) is 14.6 Å². The number of anilines is 1. The molecule has 0 atom stereocenters. The summed E-state index contributed by atoms with van der Waals surface area (Å²) >= 11 is 0. The Morgan fingerprint density at radius 1 is 1.26 bits per heavy atom. The Hall–Kier alpha value is -2.57. The number of aromatic nitrogens is 2. The quantitative estimate of drug-likeness (QED) is 0.866. The van der Waals surface area contributed by atoms with Crippen molar-refractivity contribution >= 4 is 11.7 Å². The van der Waals surface area contributed by atoms with Crippen LogP contribution in [0.15, 0.2) is 29.1 Å². The Bertz CT molecular complexity index is 698. The Morgan fingerprint density at radius 2 is 2.00 bits per heavy atom. The summed E-state index contributed by atoms with van der Waals surface area (Å²) in [7, 11) is 0. The van der Waals surface area contributed by atoms with Gasteiger partial charge >= 0.3 is 0 Å². The SMILES string of the molecule is Cc1nc(NC(=O)c2ccc(F)c(F)c2)cc(=O)[nH]1. The van der Waals surface area contributed by atoms with Gasteiger partial charge in [-0.3, -0.25) is 9.59 Å². The van der Waals surface area contributed by atoms with Gasteiger partial charge < -0.3 is 10.3 Å². The predicted molar refractivity (Wildman–Crippen MR) is 63.9 cm³/mol. The molecule has 0 aliphatic carbocycles. The van der Waals surface area contributed by atoms with E-state index in [1.165, 1.54) is 0 Å². The number of halogens is 2. The van der Waals surface area contributed by atoms with Gasteiger partial charge in [0.25, 0.3) is 11.5 Å². The molecule has 2 rings (SSSR count). The summed E-state index contributed by atoms with van der Waals surface area (Å²) in [6.07, 6.45) is 0. The topological polar surface area (TPSA) is 74.8 Å². The number of hydrogen-bond donors (Lipinski definition) is 2. The molecule has 0 aliphatic heterocycles. The lowest BCUT2D eigenvalue weighted by atomic mass is 10.2. The monoisotopic (exact) mass is 265 g/mol. The lowest BCUT2D eigenvalue weighted by Crippen LogP contribution is -2.17. The molecule has 0 bridgehead atoms. The summed E-state index contributed by atoms with van der Waals surface area (Å²) in [6.45, 7) is 1.55. The van der Waals surface area contributed by atoms with Crippen molar-refractivity contribution in [3.63, 3.8) is 0 Å². The molecule has 0 aliphatic rings. The number of aryl methyl sites for hydroxylation is 1. The Morgan fingerprint density at radius 3 is 2.63 bits per heavy atom. The van der Waals surface area contributed by atoms with Crippen LogP contribution in [0.25, 0.3) is 0 Å². The smallest absolute Gasteiger partial charge is 0.256 e. The molecule has 0 spiro atoms. The molecule has 98 valence electrons. The molecule has 7 heteroatoms. The summed E-state index contributed by atoms with van der Waals surface area (Å²) in [6, 6.07) is 3.84. The van der Waals surface area contributed by atoms with Crippen LogP contribution in [0.2, 0.25) is 0 Å². The molecule has 1 amide bonds. The summed E-state index contributed by atoms with van der Waals surface area (Å²) in [4.78, 5) is 29.2. The average Bonchev–Trinajstić information content (AvgIpc) is 2.31. The molecule has 0 unspecified atom stereocenters. The third-order valence-corrected chi connectivity index (χ3v) is 2.28. The lowest BCUT2D eigenvalue weighted by molar-refractivity contribution is 0.102. The molecule has 0 saturated carbocycles. The van der Waals surface area contributed by atoms with E-state index in [1.807, 2.05) is 0 Å². The number of aromatic amines is 1. The standard InChI is InChI=1S/C12H9F2N3O2/c1-6-15-10(5-11(18)16-6)17-12(19)7-2-3-8(13)9(14)4-7/h2-5H,1H3,(H2,15,16,17,18,19). The molecule has 1 heterocycles. The van der Waals surface area contributed by atoms with Gasteiger partial charge in [0, 0.05) is 11.6 Å². The summed E-state index contributed by atoms with van der Waals surface area (Å²) in [5.74, 6) is -2.48. The van der Waals surface area contributed by atoms with Crippen LogP contribution in [0.5, 0.6) is 0 Å². The number of H-pyrrole nitrogens is 1. The van der Waals surface area contributed by atoms with Gasteiger partial charge in [0.2, 0.25) is 0 Å². The number of rotatable bonds is 2. The molecule has 2 aromatic rings. The van der Waals surface area contributed by atoms with Crippen LogP contribution >= 0.6 is 0 Å². The minimum atomic E-state index is -1.12. The highest BCUT2D eigenvalue weighted by molar-refractivity contribution is 6.03. The Labute approximate surface area is 106 Å². The third kappa shape index (κ3) is 3.01. The van der Waals surface area contributed by atoms with Crippen LogP contribution in [0, 0.1) is 18.6 Å². The van der Waals surface area contributed by atoms with Crippen LogP contribution in [-0.2, 0) is 0 Å². The molecule has 0 saturated heterocycles. The molecule has 1 aromatic heterocycles. The van der Waals surface area contributed by atoms with E-state index in [0.29, 0.717) is 5.82 Å².